The van der Waals surface area contributed by atoms with E-state index in [1.54, 1.807) is 56.0 Å². The molecule has 2 heterocycles. The second kappa shape index (κ2) is 7.00. The van der Waals surface area contributed by atoms with Gasteiger partial charge in [-0.15, -0.1) is 0 Å². The molecular formula is C19H15FN2O2. The van der Waals surface area contributed by atoms with E-state index >= 15 is 0 Å². The van der Waals surface area contributed by atoms with Crippen LogP contribution in [0.5, 0.6) is 0 Å². The first kappa shape index (κ1) is 15.8. The summed E-state index contributed by atoms with van der Waals surface area (Å²) >= 11 is 0. The molecule has 0 aliphatic heterocycles. The van der Waals surface area contributed by atoms with E-state index in [2.05, 4.69) is 9.97 Å². The second-order valence-electron chi connectivity index (χ2n) is 5.08. The zero-order valence-corrected chi connectivity index (χ0v) is 13.1. The fourth-order valence-corrected chi connectivity index (χ4v) is 2.47. The zero-order chi connectivity index (χ0) is 16.9. The largest absolute Gasteiger partial charge is 0.462 e. The molecule has 0 aliphatic carbocycles. The maximum Gasteiger partial charge on any atom is 0.341 e. The van der Waals surface area contributed by atoms with Gasteiger partial charge in [-0.05, 0) is 36.8 Å². The number of benzene rings is 1. The summed E-state index contributed by atoms with van der Waals surface area (Å²) in [5.74, 6) is -1.32. The van der Waals surface area contributed by atoms with Crippen LogP contribution in [0.3, 0.4) is 0 Å². The highest BCUT2D eigenvalue weighted by Crippen LogP contribution is 2.31. The van der Waals surface area contributed by atoms with Gasteiger partial charge in [-0.2, -0.15) is 0 Å². The molecule has 0 aliphatic rings. The van der Waals surface area contributed by atoms with E-state index in [1.165, 1.54) is 6.07 Å². The average molecular weight is 322 g/mol. The summed E-state index contributed by atoms with van der Waals surface area (Å²) < 4.78 is 19.7. The fourth-order valence-electron chi connectivity index (χ4n) is 2.47. The van der Waals surface area contributed by atoms with Crippen LogP contribution in [-0.4, -0.2) is 22.5 Å². The molecular weight excluding hydrogens is 307 g/mol. The molecule has 0 atom stereocenters. The molecule has 0 N–H and O–H groups in total. The minimum absolute atomic E-state index is 0.0857. The monoisotopic (exact) mass is 322 g/mol. The Hall–Kier alpha value is -3.08. The van der Waals surface area contributed by atoms with Gasteiger partial charge in [0, 0.05) is 41.5 Å². The highest BCUT2D eigenvalue weighted by molar-refractivity contribution is 5.98. The van der Waals surface area contributed by atoms with E-state index in [9.17, 15) is 9.18 Å². The molecule has 120 valence electrons. The number of carbonyl (C=O) groups excluding carboxylic acids is 1. The van der Waals surface area contributed by atoms with Gasteiger partial charge in [-0.25, -0.2) is 9.18 Å². The van der Waals surface area contributed by atoms with Crippen LogP contribution in [-0.2, 0) is 4.74 Å². The van der Waals surface area contributed by atoms with Crippen molar-refractivity contribution >= 4 is 5.97 Å². The van der Waals surface area contributed by atoms with Gasteiger partial charge in [0.15, 0.2) is 0 Å². The maximum atomic E-state index is 14.7. The number of ether oxygens (including phenoxy) is 1. The smallest absolute Gasteiger partial charge is 0.341 e. The summed E-state index contributed by atoms with van der Waals surface area (Å²) in [6, 6.07) is 10.2. The van der Waals surface area contributed by atoms with E-state index < -0.39 is 11.8 Å². The van der Waals surface area contributed by atoms with Crippen molar-refractivity contribution in [3.63, 3.8) is 0 Å². The Bertz CT molecular complexity index is 852. The minimum Gasteiger partial charge on any atom is -0.462 e. The van der Waals surface area contributed by atoms with Crippen LogP contribution in [0, 0.1) is 5.82 Å². The zero-order valence-electron chi connectivity index (χ0n) is 13.1. The van der Waals surface area contributed by atoms with Crippen molar-refractivity contribution in [3.05, 3.63) is 72.6 Å². The molecule has 2 aromatic heterocycles. The van der Waals surface area contributed by atoms with E-state index in [0.29, 0.717) is 16.7 Å². The Morgan fingerprint density at radius 1 is 1.04 bits per heavy atom. The van der Waals surface area contributed by atoms with Crippen LogP contribution in [0.25, 0.3) is 22.3 Å². The van der Waals surface area contributed by atoms with Gasteiger partial charge in [0.25, 0.3) is 0 Å². The molecule has 0 bridgehead atoms. The average Bonchev–Trinajstić information content (AvgIpc) is 2.62. The number of esters is 1. The lowest BCUT2D eigenvalue weighted by Gasteiger charge is -2.13. The molecule has 3 rings (SSSR count). The number of hydrogen-bond acceptors (Lipinski definition) is 4. The van der Waals surface area contributed by atoms with Crippen molar-refractivity contribution in [1.29, 1.82) is 0 Å². The van der Waals surface area contributed by atoms with Crippen LogP contribution < -0.4 is 0 Å². The molecule has 0 unspecified atom stereocenters. The van der Waals surface area contributed by atoms with E-state index in [4.69, 9.17) is 4.74 Å². The van der Waals surface area contributed by atoms with Gasteiger partial charge < -0.3 is 4.74 Å². The lowest BCUT2D eigenvalue weighted by atomic mass is 9.95. The van der Waals surface area contributed by atoms with Crippen LogP contribution in [0.2, 0.25) is 0 Å². The normalized spacial score (nSPS) is 10.4. The summed E-state index contributed by atoms with van der Waals surface area (Å²) in [6.07, 6.45) is 6.50. The molecule has 0 radical (unpaired) electrons. The highest BCUT2D eigenvalue weighted by Gasteiger charge is 2.21. The van der Waals surface area contributed by atoms with Crippen molar-refractivity contribution in [2.24, 2.45) is 0 Å². The Labute approximate surface area is 139 Å². The minimum atomic E-state index is -0.688. The Balaban J connectivity index is 2.21. The summed E-state index contributed by atoms with van der Waals surface area (Å²) in [5, 5.41) is 0. The van der Waals surface area contributed by atoms with Gasteiger partial charge in [0.2, 0.25) is 0 Å². The van der Waals surface area contributed by atoms with E-state index in [1.807, 2.05) is 6.07 Å². The predicted molar refractivity (Wildman–Crippen MR) is 88.8 cm³/mol. The van der Waals surface area contributed by atoms with Gasteiger partial charge in [-0.1, -0.05) is 12.1 Å². The molecule has 24 heavy (non-hydrogen) atoms. The Morgan fingerprint density at radius 2 is 1.71 bits per heavy atom. The molecule has 0 fully saturated rings. The number of pyridine rings is 2. The first-order chi connectivity index (χ1) is 11.7. The first-order valence-corrected chi connectivity index (χ1v) is 7.52. The topological polar surface area (TPSA) is 52.1 Å². The van der Waals surface area contributed by atoms with Crippen LogP contribution in [0.15, 0.2) is 61.2 Å². The Kier molecular flexibility index (Phi) is 4.61. The number of rotatable bonds is 4. The lowest BCUT2D eigenvalue weighted by molar-refractivity contribution is 0.0522. The number of hydrogen-bond donors (Lipinski definition) is 0. The SMILES string of the molecule is CCOC(=O)c1c(F)cc(-c2cccnc2)cc1-c1cccnc1. The number of aromatic nitrogens is 2. The van der Waals surface area contributed by atoms with Gasteiger partial charge in [0.1, 0.15) is 11.4 Å². The lowest BCUT2D eigenvalue weighted by Crippen LogP contribution is -2.09. The summed E-state index contributed by atoms with van der Waals surface area (Å²) in [4.78, 5) is 20.3. The summed E-state index contributed by atoms with van der Waals surface area (Å²) in [7, 11) is 0. The van der Waals surface area contributed by atoms with Crippen molar-refractivity contribution in [3.8, 4) is 22.3 Å². The number of halogens is 1. The predicted octanol–water partition coefficient (Wildman–Crippen LogP) is 4.13. The first-order valence-electron chi connectivity index (χ1n) is 7.52. The molecule has 0 saturated heterocycles. The van der Waals surface area contributed by atoms with Crippen molar-refractivity contribution < 1.29 is 13.9 Å². The van der Waals surface area contributed by atoms with Gasteiger partial charge in [-0.3, -0.25) is 9.97 Å². The highest BCUT2D eigenvalue weighted by atomic mass is 19.1. The number of carbonyl (C=O) groups is 1. The third-order valence-electron chi connectivity index (χ3n) is 3.54. The van der Waals surface area contributed by atoms with Crippen LogP contribution >= 0.6 is 0 Å². The molecule has 0 spiro atoms. The molecule has 4 nitrogen and oxygen atoms in total. The molecule has 3 aromatic rings. The van der Waals surface area contributed by atoms with Crippen molar-refractivity contribution in [2.75, 3.05) is 6.61 Å². The number of nitrogens with zero attached hydrogens (tertiary/aromatic N) is 2. The molecule has 1 aromatic carbocycles. The van der Waals surface area contributed by atoms with Gasteiger partial charge in [0.05, 0.1) is 6.61 Å². The van der Waals surface area contributed by atoms with Crippen LogP contribution in [0.4, 0.5) is 4.39 Å². The fraction of sp³-hybridized carbons (Fsp3) is 0.105. The second-order valence-corrected chi connectivity index (χ2v) is 5.08. The van der Waals surface area contributed by atoms with Crippen molar-refractivity contribution in [2.45, 2.75) is 6.92 Å². The summed E-state index contributed by atoms with van der Waals surface area (Å²) in [5.41, 5.74) is 2.40. The maximum absolute atomic E-state index is 14.7. The van der Waals surface area contributed by atoms with Gasteiger partial charge >= 0.3 is 5.97 Å². The molecule has 5 heteroatoms. The van der Waals surface area contributed by atoms with E-state index in [0.717, 1.165) is 5.56 Å². The summed E-state index contributed by atoms with van der Waals surface area (Å²) in [6.45, 7) is 1.86. The molecule has 0 amide bonds. The van der Waals surface area contributed by atoms with Crippen LogP contribution in [0.1, 0.15) is 17.3 Å². The third kappa shape index (κ3) is 3.15. The standard InChI is InChI=1S/C19H15FN2O2/c1-2-24-19(23)18-16(14-6-4-8-22-12-14)9-15(10-17(18)20)13-5-3-7-21-11-13/h3-12H,2H2,1H3. The Morgan fingerprint density at radius 3 is 2.29 bits per heavy atom. The molecule has 0 saturated carbocycles. The van der Waals surface area contributed by atoms with E-state index in [-0.39, 0.29) is 12.2 Å². The third-order valence-corrected chi connectivity index (χ3v) is 3.54. The quantitative estimate of drug-likeness (QED) is 0.678. The van der Waals surface area contributed by atoms with Crippen molar-refractivity contribution in [1.82, 2.24) is 9.97 Å².